The van der Waals surface area contributed by atoms with Crippen molar-refractivity contribution in [1.82, 2.24) is 0 Å². The summed E-state index contributed by atoms with van der Waals surface area (Å²) < 4.78 is 4.30. The summed E-state index contributed by atoms with van der Waals surface area (Å²) >= 11 is 0. The van der Waals surface area contributed by atoms with Crippen LogP contribution in [-0.2, 0) is 14.3 Å². The van der Waals surface area contributed by atoms with E-state index < -0.39 is 18.0 Å². The number of hydrogen-bond donors (Lipinski definition) is 1. The van der Waals surface area contributed by atoms with E-state index in [0.717, 1.165) is 6.08 Å². The molecule has 0 aromatic rings. The first kappa shape index (κ1) is 13.1. The van der Waals surface area contributed by atoms with Crippen molar-refractivity contribution < 1.29 is 22.3 Å². The average molecular weight is 170 g/mol. The number of hydrogen-bond acceptors (Lipinski definition) is 3. The van der Waals surface area contributed by atoms with Crippen LogP contribution in [-0.4, -0.2) is 46.2 Å². The Morgan fingerprint density at radius 3 is 2.45 bits per heavy atom. The molecule has 0 saturated heterocycles. The zero-order chi connectivity index (χ0) is 8.15. The molecule has 1 atom stereocenters. The molecule has 60 valence electrons. The molecule has 11 heavy (non-hydrogen) atoms. The van der Waals surface area contributed by atoms with Gasteiger partial charge in [0, 0.05) is 6.08 Å². The minimum absolute atomic E-state index is 0. The predicted octanol–water partition coefficient (Wildman–Crippen LogP) is 0.0329. The molecule has 0 fully saturated rings. The van der Waals surface area contributed by atoms with Gasteiger partial charge in [0.05, 0.1) is 0 Å². The van der Waals surface area contributed by atoms with E-state index in [0.29, 0.717) is 0 Å². The molecule has 5 heteroatoms. The molecule has 0 aromatic carbocycles. The van der Waals surface area contributed by atoms with Gasteiger partial charge in [-0.3, -0.25) is 0 Å². The number of carbonyl (C=O) groups is 2. The molecule has 0 aromatic heterocycles. The Kier molecular flexibility index (Phi) is 7.34. The maximum Gasteiger partial charge on any atom is 2.00 e. The molecule has 0 heterocycles. The third-order valence-corrected chi connectivity index (χ3v) is 0.807. The number of rotatable bonds is 3. The zero-order valence-electron chi connectivity index (χ0n) is 8.24. The van der Waals surface area contributed by atoms with Gasteiger partial charge in [-0.1, -0.05) is 6.58 Å². The summed E-state index contributed by atoms with van der Waals surface area (Å²) in [6.45, 7) is 4.37. The second kappa shape index (κ2) is 6.18. The fourth-order valence-electron chi connectivity index (χ4n) is 0.273. The van der Waals surface area contributed by atoms with Crippen molar-refractivity contribution in [3.63, 3.8) is 0 Å². The Morgan fingerprint density at radius 2 is 2.18 bits per heavy atom. The summed E-state index contributed by atoms with van der Waals surface area (Å²) in [7, 11) is 0. The van der Waals surface area contributed by atoms with E-state index in [-0.39, 0.29) is 25.9 Å². The third kappa shape index (κ3) is 5.87. The van der Waals surface area contributed by atoms with Crippen LogP contribution in [0, 0.1) is 0 Å². The van der Waals surface area contributed by atoms with Crippen LogP contribution in [0.1, 0.15) is 9.78 Å². The van der Waals surface area contributed by atoms with Gasteiger partial charge in [-0.2, -0.15) is 0 Å². The number of carbonyl (C=O) groups excluding carboxylic acids is 1. The standard InChI is InChI=1S/C6H8O4.Mg.2H/c1-3-5(7)10-4(2)6(8)9;;;/h3-4H,1H2,2H3,(H,8,9);;;/q;+2;2*-1. The van der Waals surface area contributed by atoms with Crippen LogP contribution in [0.5, 0.6) is 0 Å². The van der Waals surface area contributed by atoms with Crippen molar-refractivity contribution in [2.24, 2.45) is 0 Å². The summed E-state index contributed by atoms with van der Waals surface area (Å²) in [5.41, 5.74) is 0. The molecule has 0 bridgehead atoms. The largest absolute Gasteiger partial charge is 2.00 e. The summed E-state index contributed by atoms with van der Waals surface area (Å²) in [5, 5.41) is 8.21. The van der Waals surface area contributed by atoms with Crippen LogP contribution in [0.3, 0.4) is 0 Å². The normalized spacial score (nSPS) is 10.6. The van der Waals surface area contributed by atoms with Gasteiger partial charge >= 0.3 is 35.0 Å². The Balaban J connectivity index is -0.000000135. The second-order valence-electron chi connectivity index (χ2n) is 1.62. The van der Waals surface area contributed by atoms with E-state index in [1.807, 2.05) is 0 Å². The van der Waals surface area contributed by atoms with E-state index >= 15 is 0 Å². The van der Waals surface area contributed by atoms with Crippen molar-refractivity contribution in [1.29, 1.82) is 0 Å². The molecule has 0 amide bonds. The second-order valence-corrected chi connectivity index (χ2v) is 1.62. The van der Waals surface area contributed by atoms with Gasteiger partial charge in [-0.25, -0.2) is 9.59 Å². The monoisotopic (exact) mass is 170 g/mol. The molecule has 0 aliphatic heterocycles. The van der Waals surface area contributed by atoms with Gasteiger partial charge in [0.1, 0.15) is 0 Å². The van der Waals surface area contributed by atoms with Gasteiger partial charge in [0.15, 0.2) is 6.10 Å². The molecular formula is C6H10MgO4. The van der Waals surface area contributed by atoms with Crippen LogP contribution in [0.15, 0.2) is 12.7 Å². The fraction of sp³-hybridized carbons (Fsp3) is 0.333. The molecule has 0 saturated carbocycles. The van der Waals surface area contributed by atoms with E-state index in [1.54, 1.807) is 0 Å². The van der Waals surface area contributed by atoms with Crippen molar-refractivity contribution in [2.75, 3.05) is 0 Å². The van der Waals surface area contributed by atoms with E-state index in [9.17, 15) is 9.59 Å². The molecule has 4 nitrogen and oxygen atoms in total. The summed E-state index contributed by atoms with van der Waals surface area (Å²) in [5.74, 6) is -1.90. The Morgan fingerprint density at radius 1 is 1.73 bits per heavy atom. The van der Waals surface area contributed by atoms with Crippen molar-refractivity contribution in [3.8, 4) is 0 Å². The minimum Gasteiger partial charge on any atom is -1.00 e. The molecular weight excluding hydrogens is 160 g/mol. The maximum absolute atomic E-state index is 10.3. The van der Waals surface area contributed by atoms with Crippen LogP contribution in [0.4, 0.5) is 0 Å². The number of ether oxygens (including phenoxy) is 1. The first-order valence-electron chi connectivity index (χ1n) is 2.63. The first-order chi connectivity index (χ1) is 4.57. The van der Waals surface area contributed by atoms with Crippen molar-refractivity contribution >= 4 is 35.0 Å². The molecule has 0 radical (unpaired) electrons. The Hall–Kier alpha value is -0.554. The molecule has 1 unspecified atom stereocenters. The molecule has 0 aliphatic carbocycles. The Bertz CT molecular complexity index is 174. The zero-order valence-corrected chi connectivity index (χ0v) is 7.66. The van der Waals surface area contributed by atoms with Crippen LogP contribution in [0.25, 0.3) is 0 Å². The summed E-state index contributed by atoms with van der Waals surface area (Å²) in [4.78, 5) is 20.4. The van der Waals surface area contributed by atoms with Gasteiger partial charge in [0.25, 0.3) is 0 Å². The SMILES string of the molecule is C=CC(=O)OC(C)C(=O)O.[H-].[H-].[Mg+2]. The number of esters is 1. The molecule has 0 spiro atoms. The van der Waals surface area contributed by atoms with Gasteiger partial charge in [0.2, 0.25) is 0 Å². The average Bonchev–Trinajstić information content (AvgIpc) is 1.87. The molecule has 0 aliphatic rings. The van der Waals surface area contributed by atoms with Gasteiger partial charge < -0.3 is 12.7 Å². The van der Waals surface area contributed by atoms with E-state index in [1.165, 1.54) is 6.92 Å². The van der Waals surface area contributed by atoms with Crippen molar-refractivity contribution in [2.45, 2.75) is 13.0 Å². The van der Waals surface area contributed by atoms with Crippen LogP contribution in [0.2, 0.25) is 0 Å². The fourth-order valence-corrected chi connectivity index (χ4v) is 0.273. The first-order valence-corrected chi connectivity index (χ1v) is 2.63. The van der Waals surface area contributed by atoms with E-state index in [2.05, 4.69) is 11.3 Å². The third-order valence-electron chi connectivity index (χ3n) is 0.807. The van der Waals surface area contributed by atoms with Crippen LogP contribution >= 0.6 is 0 Å². The maximum atomic E-state index is 10.3. The van der Waals surface area contributed by atoms with Crippen molar-refractivity contribution in [3.05, 3.63) is 12.7 Å². The summed E-state index contributed by atoms with van der Waals surface area (Å²) in [6.07, 6.45) is -0.190. The quantitative estimate of drug-likeness (QED) is 0.369. The topological polar surface area (TPSA) is 63.6 Å². The predicted molar refractivity (Wildman–Crippen MR) is 41.4 cm³/mol. The molecule has 1 N–H and O–H groups in total. The van der Waals surface area contributed by atoms with E-state index in [4.69, 9.17) is 5.11 Å². The van der Waals surface area contributed by atoms with Gasteiger partial charge in [-0.15, -0.1) is 0 Å². The summed E-state index contributed by atoms with van der Waals surface area (Å²) in [6, 6.07) is 0. The number of aliphatic carboxylic acids is 1. The van der Waals surface area contributed by atoms with Gasteiger partial charge in [-0.05, 0) is 6.92 Å². The number of carboxylic acids is 1. The smallest absolute Gasteiger partial charge is 1.00 e. The van der Waals surface area contributed by atoms with Crippen LogP contribution < -0.4 is 0 Å². The Labute approximate surface area is 83.3 Å². The number of carboxylic acid groups (broad SMARTS) is 1. The minimum atomic E-state index is -1.17. The molecule has 0 rings (SSSR count).